The number of nitrogens with one attached hydrogen (secondary N) is 1. The smallest absolute Gasteiger partial charge is 0.138 e. The summed E-state index contributed by atoms with van der Waals surface area (Å²) in [6.45, 7) is 0. The van der Waals surface area contributed by atoms with Crippen molar-refractivity contribution >= 4 is 27.4 Å². The summed E-state index contributed by atoms with van der Waals surface area (Å²) in [5, 5.41) is 6.57. The second kappa shape index (κ2) is 3.43. The molecular weight excluding hydrogens is 208 g/mol. The number of thiophene rings is 1. The number of hydrogen-bond acceptors (Lipinski definition) is 5. The van der Waals surface area contributed by atoms with E-state index in [4.69, 9.17) is 5.73 Å². The summed E-state index contributed by atoms with van der Waals surface area (Å²) in [6.07, 6.45) is 3.69. The average Bonchev–Trinajstić information content (AvgIpc) is 2.64. The third kappa shape index (κ3) is 1.57. The van der Waals surface area contributed by atoms with Crippen LogP contribution < -0.4 is 11.1 Å². The van der Waals surface area contributed by atoms with Gasteiger partial charge in [-0.1, -0.05) is 0 Å². The first kappa shape index (κ1) is 9.06. The molecule has 5 heteroatoms. The van der Waals surface area contributed by atoms with E-state index in [0.29, 0.717) is 12.1 Å². The number of hydrogen-bond donors (Lipinski definition) is 2. The molecule has 3 N–H and O–H groups in total. The Morgan fingerprint density at radius 2 is 2.27 bits per heavy atom. The molecule has 1 aliphatic rings. The monoisotopic (exact) mass is 220 g/mol. The van der Waals surface area contributed by atoms with Gasteiger partial charge in [-0.3, -0.25) is 0 Å². The molecule has 4 nitrogen and oxygen atoms in total. The van der Waals surface area contributed by atoms with Gasteiger partial charge in [0.1, 0.15) is 17.0 Å². The lowest BCUT2D eigenvalue weighted by atomic mass is 9.87. The van der Waals surface area contributed by atoms with Gasteiger partial charge in [0.15, 0.2) is 0 Å². The predicted octanol–water partition coefficient (Wildman–Crippen LogP) is 1.59. The first-order chi connectivity index (χ1) is 7.33. The Kier molecular flexibility index (Phi) is 2.07. The molecule has 0 aromatic carbocycles. The zero-order valence-electron chi connectivity index (χ0n) is 8.18. The maximum atomic E-state index is 5.74. The molecule has 0 spiro atoms. The van der Waals surface area contributed by atoms with Gasteiger partial charge in [0, 0.05) is 12.1 Å². The Balaban J connectivity index is 1.87. The Bertz CT molecular complexity index is 475. The number of rotatable bonds is 2. The third-order valence-corrected chi connectivity index (χ3v) is 3.60. The molecule has 0 aliphatic heterocycles. The molecule has 2 aromatic rings. The van der Waals surface area contributed by atoms with Crippen molar-refractivity contribution in [2.24, 2.45) is 5.73 Å². The van der Waals surface area contributed by atoms with Gasteiger partial charge in [-0.25, -0.2) is 9.97 Å². The number of anilines is 1. The lowest BCUT2D eigenvalue weighted by Crippen LogP contribution is -2.44. The minimum Gasteiger partial charge on any atom is -0.367 e. The first-order valence-electron chi connectivity index (χ1n) is 5.03. The summed E-state index contributed by atoms with van der Waals surface area (Å²) in [4.78, 5) is 9.52. The molecule has 0 amide bonds. The molecule has 2 heterocycles. The van der Waals surface area contributed by atoms with Crippen molar-refractivity contribution in [1.82, 2.24) is 9.97 Å². The Hall–Kier alpha value is -1.20. The van der Waals surface area contributed by atoms with E-state index in [2.05, 4.69) is 21.4 Å². The third-order valence-electron chi connectivity index (χ3n) is 2.78. The van der Waals surface area contributed by atoms with Crippen LogP contribution in [0.2, 0.25) is 0 Å². The summed E-state index contributed by atoms with van der Waals surface area (Å²) < 4.78 is 0. The van der Waals surface area contributed by atoms with E-state index >= 15 is 0 Å². The van der Waals surface area contributed by atoms with E-state index in [1.807, 2.05) is 5.38 Å². The molecule has 15 heavy (non-hydrogen) atoms. The van der Waals surface area contributed by atoms with Crippen molar-refractivity contribution < 1.29 is 0 Å². The summed E-state index contributed by atoms with van der Waals surface area (Å²) >= 11 is 1.64. The van der Waals surface area contributed by atoms with Crippen molar-refractivity contribution in [3.05, 3.63) is 17.8 Å². The summed E-state index contributed by atoms with van der Waals surface area (Å²) in [5.74, 6) is 0.943. The number of nitrogens with two attached hydrogens (primary N) is 1. The molecule has 0 bridgehead atoms. The van der Waals surface area contributed by atoms with Crippen molar-refractivity contribution in [2.75, 3.05) is 5.32 Å². The lowest BCUT2D eigenvalue weighted by Gasteiger charge is -2.33. The molecule has 1 fully saturated rings. The summed E-state index contributed by atoms with van der Waals surface area (Å²) in [6, 6.07) is 2.90. The van der Waals surface area contributed by atoms with E-state index in [9.17, 15) is 0 Å². The van der Waals surface area contributed by atoms with Crippen LogP contribution in [0.3, 0.4) is 0 Å². The fraction of sp³-hybridized carbons (Fsp3) is 0.400. The van der Waals surface area contributed by atoms with Gasteiger partial charge in [-0.2, -0.15) is 0 Å². The van der Waals surface area contributed by atoms with Crippen molar-refractivity contribution in [3.63, 3.8) is 0 Å². The van der Waals surface area contributed by atoms with Crippen LogP contribution in [0, 0.1) is 0 Å². The van der Waals surface area contributed by atoms with Gasteiger partial charge in [0.25, 0.3) is 0 Å². The molecule has 0 atom stereocenters. The minimum absolute atomic E-state index is 0.363. The number of aromatic nitrogens is 2. The van der Waals surface area contributed by atoms with Crippen LogP contribution in [0.5, 0.6) is 0 Å². The van der Waals surface area contributed by atoms with Crippen LogP contribution in [0.15, 0.2) is 17.8 Å². The Morgan fingerprint density at radius 1 is 1.40 bits per heavy atom. The standard InChI is InChI=1S/C10H12N4S/c11-6-3-7(4-6)14-9-8-1-2-15-10(8)13-5-12-9/h1-2,5-7H,3-4,11H2,(H,12,13,14). The fourth-order valence-electron chi connectivity index (χ4n) is 1.88. The Labute approximate surface area is 91.5 Å². The highest BCUT2D eigenvalue weighted by Crippen LogP contribution is 2.27. The van der Waals surface area contributed by atoms with Gasteiger partial charge in [-0.15, -0.1) is 11.3 Å². The molecule has 0 radical (unpaired) electrons. The van der Waals surface area contributed by atoms with Crippen LogP contribution in [0.25, 0.3) is 10.2 Å². The van der Waals surface area contributed by atoms with Crippen LogP contribution in [-0.2, 0) is 0 Å². The van der Waals surface area contributed by atoms with E-state index < -0.39 is 0 Å². The van der Waals surface area contributed by atoms with Gasteiger partial charge in [0.2, 0.25) is 0 Å². The van der Waals surface area contributed by atoms with E-state index in [1.54, 1.807) is 17.7 Å². The van der Waals surface area contributed by atoms with E-state index in [-0.39, 0.29) is 0 Å². The maximum Gasteiger partial charge on any atom is 0.138 e. The largest absolute Gasteiger partial charge is 0.367 e. The highest BCUT2D eigenvalue weighted by Gasteiger charge is 2.26. The normalized spacial score (nSPS) is 25.1. The Morgan fingerprint density at radius 3 is 3.07 bits per heavy atom. The van der Waals surface area contributed by atoms with Crippen molar-refractivity contribution in [3.8, 4) is 0 Å². The van der Waals surface area contributed by atoms with Gasteiger partial charge >= 0.3 is 0 Å². The minimum atomic E-state index is 0.363. The lowest BCUT2D eigenvalue weighted by molar-refractivity contribution is 0.373. The molecule has 1 saturated carbocycles. The topological polar surface area (TPSA) is 63.8 Å². The number of nitrogens with zero attached hydrogens (tertiary/aromatic N) is 2. The summed E-state index contributed by atoms with van der Waals surface area (Å²) in [5.41, 5.74) is 5.74. The van der Waals surface area contributed by atoms with Gasteiger partial charge < -0.3 is 11.1 Å². The number of fused-ring (bicyclic) bond motifs is 1. The SMILES string of the molecule is NC1CC(Nc2ncnc3sccc23)C1. The van der Waals surface area contributed by atoms with E-state index in [0.717, 1.165) is 28.9 Å². The van der Waals surface area contributed by atoms with Crippen molar-refractivity contribution in [1.29, 1.82) is 0 Å². The molecule has 0 unspecified atom stereocenters. The molecule has 78 valence electrons. The molecule has 1 aliphatic carbocycles. The average molecular weight is 220 g/mol. The second-order valence-electron chi connectivity index (χ2n) is 3.93. The summed E-state index contributed by atoms with van der Waals surface area (Å²) in [7, 11) is 0. The van der Waals surface area contributed by atoms with E-state index in [1.165, 1.54) is 0 Å². The molecular formula is C10H12N4S. The first-order valence-corrected chi connectivity index (χ1v) is 5.91. The molecule has 2 aromatic heterocycles. The zero-order chi connectivity index (χ0) is 10.3. The highest BCUT2D eigenvalue weighted by molar-refractivity contribution is 7.16. The van der Waals surface area contributed by atoms with Crippen LogP contribution >= 0.6 is 11.3 Å². The molecule has 3 rings (SSSR count). The molecule has 0 saturated heterocycles. The second-order valence-corrected chi connectivity index (χ2v) is 4.83. The highest BCUT2D eigenvalue weighted by atomic mass is 32.1. The maximum absolute atomic E-state index is 5.74. The predicted molar refractivity (Wildman–Crippen MR) is 62.0 cm³/mol. The van der Waals surface area contributed by atoms with Crippen LogP contribution in [-0.4, -0.2) is 22.1 Å². The zero-order valence-corrected chi connectivity index (χ0v) is 9.00. The van der Waals surface area contributed by atoms with Crippen molar-refractivity contribution in [2.45, 2.75) is 24.9 Å². The van der Waals surface area contributed by atoms with Crippen LogP contribution in [0.4, 0.5) is 5.82 Å². The van der Waals surface area contributed by atoms with Crippen LogP contribution in [0.1, 0.15) is 12.8 Å². The van der Waals surface area contributed by atoms with Gasteiger partial charge in [-0.05, 0) is 24.3 Å². The van der Waals surface area contributed by atoms with Gasteiger partial charge in [0.05, 0.1) is 5.39 Å². The quantitative estimate of drug-likeness (QED) is 0.806. The fourth-order valence-corrected chi connectivity index (χ4v) is 2.61.